The summed E-state index contributed by atoms with van der Waals surface area (Å²) in [6.07, 6.45) is 0. The molecule has 1 aromatic carbocycles. The molecule has 0 radical (unpaired) electrons. The number of benzene rings is 1. The topological polar surface area (TPSA) is 17.1 Å². The van der Waals surface area contributed by atoms with Gasteiger partial charge in [0, 0.05) is 10.6 Å². The summed E-state index contributed by atoms with van der Waals surface area (Å²) < 4.78 is 0. The van der Waals surface area contributed by atoms with Crippen LogP contribution in [0.2, 0.25) is 5.02 Å². The Kier molecular flexibility index (Phi) is 4.45. The average molecular weight is 266 g/mol. The number of hydrogen-bond donors (Lipinski definition) is 0. The van der Waals surface area contributed by atoms with Gasteiger partial charge in [0.2, 0.25) is 0 Å². The van der Waals surface area contributed by atoms with E-state index < -0.39 is 4.84 Å². The van der Waals surface area contributed by atoms with Crippen molar-refractivity contribution in [2.24, 2.45) is 0 Å². The van der Waals surface area contributed by atoms with E-state index in [0.29, 0.717) is 16.5 Å². The summed E-state index contributed by atoms with van der Waals surface area (Å²) in [5.74, 6) is -0.00000787. The van der Waals surface area contributed by atoms with Gasteiger partial charge in [0.1, 0.15) is 0 Å². The monoisotopic (exact) mass is 264 g/mol. The first-order valence-electron chi connectivity index (χ1n) is 4.55. The molecular formula is C11H11Cl3O. The summed E-state index contributed by atoms with van der Waals surface area (Å²) in [7, 11) is 0. The van der Waals surface area contributed by atoms with E-state index in [-0.39, 0.29) is 5.78 Å². The van der Waals surface area contributed by atoms with Crippen LogP contribution in [0.1, 0.15) is 35.7 Å². The predicted octanol–water partition coefficient (Wildman–Crippen LogP) is 4.45. The Morgan fingerprint density at radius 3 is 2.27 bits per heavy atom. The molecular weight excluding hydrogens is 254 g/mol. The second-order valence-electron chi connectivity index (χ2n) is 3.56. The summed E-state index contributed by atoms with van der Waals surface area (Å²) in [5, 5.41) is 0.574. The van der Waals surface area contributed by atoms with Crippen molar-refractivity contribution < 1.29 is 4.79 Å². The highest BCUT2D eigenvalue weighted by Gasteiger charge is 2.16. The summed E-state index contributed by atoms with van der Waals surface area (Å²) >= 11 is 17.0. The summed E-state index contributed by atoms with van der Waals surface area (Å²) in [4.78, 5) is 10.4. The highest BCUT2D eigenvalue weighted by molar-refractivity contribution is 6.55. The van der Waals surface area contributed by atoms with E-state index in [4.69, 9.17) is 34.8 Å². The van der Waals surface area contributed by atoms with Crippen molar-refractivity contribution in [1.29, 1.82) is 0 Å². The molecule has 0 amide bonds. The molecule has 0 spiro atoms. The lowest BCUT2D eigenvalue weighted by atomic mass is 10.0. The number of carbonyl (C=O) groups excluding carboxylic acids is 1. The molecule has 0 aliphatic carbocycles. The van der Waals surface area contributed by atoms with Gasteiger partial charge in [0.15, 0.2) is 10.6 Å². The fraction of sp³-hybridized carbons (Fsp3) is 0.364. The normalized spacial score (nSPS) is 11.1. The van der Waals surface area contributed by atoms with Crippen LogP contribution in [-0.2, 0) is 0 Å². The van der Waals surface area contributed by atoms with Crippen molar-refractivity contribution >= 4 is 40.6 Å². The summed E-state index contributed by atoms with van der Waals surface area (Å²) in [5.41, 5.74) is 1.45. The minimum absolute atomic E-state index is 0.324. The Morgan fingerprint density at radius 1 is 1.27 bits per heavy atom. The van der Waals surface area contributed by atoms with Crippen LogP contribution in [0.25, 0.3) is 0 Å². The number of alkyl halides is 2. The van der Waals surface area contributed by atoms with Gasteiger partial charge >= 0.3 is 0 Å². The number of hydrogen-bond acceptors (Lipinski definition) is 1. The van der Waals surface area contributed by atoms with Crippen molar-refractivity contribution in [3.8, 4) is 0 Å². The van der Waals surface area contributed by atoms with Crippen LogP contribution in [0.3, 0.4) is 0 Å². The quantitative estimate of drug-likeness (QED) is 0.583. The number of ketones is 1. The maximum Gasteiger partial charge on any atom is 0.195 e. The van der Waals surface area contributed by atoms with Crippen LogP contribution in [0.5, 0.6) is 0 Å². The maximum absolute atomic E-state index is 11.5. The van der Waals surface area contributed by atoms with Crippen molar-refractivity contribution in [1.82, 2.24) is 0 Å². The summed E-state index contributed by atoms with van der Waals surface area (Å²) in [6, 6.07) is 5.13. The summed E-state index contributed by atoms with van der Waals surface area (Å²) in [6.45, 7) is 4.07. The number of Topliss-reactive ketones (excluding diaryl/α,β-unsaturated/α-hetero) is 1. The Bertz CT molecular complexity index is 372. The van der Waals surface area contributed by atoms with Gasteiger partial charge in [0.25, 0.3) is 0 Å². The molecule has 0 saturated heterocycles. The number of rotatable bonds is 3. The second kappa shape index (κ2) is 5.20. The highest BCUT2D eigenvalue weighted by Crippen LogP contribution is 2.26. The molecule has 4 heteroatoms. The lowest BCUT2D eigenvalue weighted by Gasteiger charge is -2.09. The van der Waals surface area contributed by atoms with Gasteiger partial charge < -0.3 is 0 Å². The molecule has 0 atom stereocenters. The zero-order valence-electron chi connectivity index (χ0n) is 8.43. The standard InChI is InChI=1S/C11H11Cl3O/c1-6(2)8-4-3-7(5-9(8)12)10(15)11(13)14/h3-6,11H,1-2H3. The molecule has 0 aromatic heterocycles. The van der Waals surface area contributed by atoms with Gasteiger partial charge in [-0.05, 0) is 17.5 Å². The van der Waals surface area contributed by atoms with Crippen molar-refractivity contribution in [3.63, 3.8) is 0 Å². The van der Waals surface area contributed by atoms with Crippen LogP contribution in [0.15, 0.2) is 18.2 Å². The molecule has 82 valence electrons. The smallest absolute Gasteiger partial charge is 0.195 e. The zero-order valence-corrected chi connectivity index (χ0v) is 10.7. The molecule has 15 heavy (non-hydrogen) atoms. The fourth-order valence-electron chi connectivity index (χ4n) is 1.27. The Hall–Kier alpha value is -0.240. The molecule has 0 N–H and O–H groups in total. The molecule has 0 unspecified atom stereocenters. The van der Waals surface area contributed by atoms with Crippen LogP contribution in [-0.4, -0.2) is 10.6 Å². The van der Waals surface area contributed by atoms with Crippen LogP contribution >= 0.6 is 34.8 Å². The molecule has 0 aliphatic heterocycles. The van der Waals surface area contributed by atoms with E-state index in [1.807, 2.05) is 19.9 Å². The van der Waals surface area contributed by atoms with Gasteiger partial charge in [-0.3, -0.25) is 4.79 Å². The van der Waals surface area contributed by atoms with Gasteiger partial charge in [0.05, 0.1) is 0 Å². The van der Waals surface area contributed by atoms with Gasteiger partial charge in [-0.2, -0.15) is 0 Å². The van der Waals surface area contributed by atoms with Crippen molar-refractivity contribution in [2.75, 3.05) is 0 Å². The number of carbonyl (C=O) groups is 1. The molecule has 0 saturated carbocycles. The van der Waals surface area contributed by atoms with Crippen molar-refractivity contribution in [2.45, 2.75) is 24.6 Å². The molecule has 0 fully saturated rings. The first-order chi connectivity index (χ1) is 6.93. The third-order valence-electron chi connectivity index (χ3n) is 2.11. The van der Waals surface area contributed by atoms with E-state index >= 15 is 0 Å². The SMILES string of the molecule is CC(C)c1ccc(C(=O)C(Cl)Cl)cc1Cl. The third-order valence-corrected chi connectivity index (χ3v) is 2.83. The van der Waals surface area contributed by atoms with E-state index in [0.717, 1.165) is 5.56 Å². The van der Waals surface area contributed by atoms with Gasteiger partial charge in [-0.15, -0.1) is 0 Å². The Labute approximate surface area is 104 Å². The molecule has 0 heterocycles. The van der Waals surface area contributed by atoms with E-state index in [2.05, 4.69) is 0 Å². The Balaban J connectivity index is 3.07. The lowest BCUT2D eigenvalue weighted by molar-refractivity contribution is 0.101. The van der Waals surface area contributed by atoms with Crippen LogP contribution in [0.4, 0.5) is 0 Å². The van der Waals surface area contributed by atoms with E-state index in [9.17, 15) is 4.79 Å². The van der Waals surface area contributed by atoms with E-state index in [1.54, 1.807) is 12.1 Å². The average Bonchev–Trinajstić information content (AvgIpc) is 2.15. The lowest BCUT2D eigenvalue weighted by Crippen LogP contribution is -2.08. The Morgan fingerprint density at radius 2 is 1.87 bits per heavy atom. The van der Waals surface area contributed by atoms with Crippen LogP contribution < -0.4 is 0 Å². The predicted molar refractivity (Wildman–Crippen MR) is 65.4 cm³/mol. The molecule has 1 aromatic rings. The first-order valence-corrected chi connectivity index (χ1v) is 5.80. The second-order valence-corrected chi connectivity index (χ2v) is 5.06. The first kappa shape index (κ1) is 12.8. The van der Waals surface area contributed by atoms with Crippen molar-refractivity contribution in [3.05, 3.63) is 34.3 Å². The molecule has 0 bridgehead atoms. The molecule has 1 nitrogen and oxygen atoms in total. The van der Waals surface area contributed by atoms with Gasteiger partial charge in [-0.25, -0.2) is 0 Å². The van der Waals surface area contributed by atoms with E-state index in [1.165, 1.54) is 0 Å². The fourth-order valence-corrected chi connectivity index (χ4v) is 1.93. The maximum atomic E-state index is 11.5. The number of halogens is 3. The molecule has 1 rings (SSSR count). The minimum atomic E-state index is -1.04. The third kappa shape index (κ3) is 3.10. The zero-order chi connectivity index (χ0) is 11.6. The highest BCUT2D eigenvalue weighted by atomic mass is 35.5. The largest absolute Gasteiger partial charge is 0.291 e. The van der Waals surface area contributed by atoms with Gasteiger partial charge in [-0.1, -0.05) is 60.8 Å². The van der Waals surface area contributed by atoms with Crippen LogP contribution in [0, 0.1) is 0 Å². The minimum Gasteiger partial charge on any atom is -0.291 e. The molecule has 0 aliphatic rings.